The fourth-order valence-electron chi connectivity index (χ4n) is 3.33. The number of nitrogens with zero attached hydrogens (tertiary/aromatic N) is 4. The van der Waals surface area contributed by atoms with Crippen LogP contribution in [0.25, 0.3) is 0 Å². The molecule has 0 aliphatic carbocycles. The quantitative estimate of drug-likeness (QED) is 0.788. The Morgan fingerprint density at radius 2 is 1.93 bits per heavy atom. The Morgan fingerprint density at radius 1 is 1.26 bits per heavy atom. The molecule has 8 heteroatoms. The monoisotopic (exact) mass is 376 g/mol. The van der Waals surface area contributed by atoms with Gasteiger partial charge in [-0.1, -0.05) is 0 Å². The van der Waals surface area contributed by atoms with Gasteiger partial charge in [0.1, 0.15) is 23.3 Å². The molecule has 2 amide bonds. The SMILES string of the molecule is Cc1cc(N2C[C@@H](C)OC2=O)nc(C2CCN(C(=O)OC(C)(C)C)CC2)n1. The van der Waals surface area contributed by atoms with Crippen LogP contribution in [0.4, 0.5) is 15.4 Å². The molecule has 0 saturated carbocycles. The van der Waals surface area contributed by atoms with Crippen molar-refractivity contribution in [3.05, 3.63) is 17.6 Å². The first-order valence-electron chi connectivity index (χ1n) is 9.44. The molecule has 0 N–H and O–H groups in total. The first-order chi connectivity index (χ1) is 12.6. The minimum atomic E-state index is -0.496. The van der Waals surface area contributed by atoms with E-state index in [1.54, 1.807) is 15.9 Å². The molecule has 3 rings (SSSR count). The molecule has 2 fully saturated rings. The Labute approximate surface area is 159 Å². The molecule has 0 bridgehead atoms. The number of anilines is 1. The van der Waals surface area contributed by atoms with Gasteiger partial charge in [-0.2, -0.15) is 0 Å². The smallest absolute Gasteiger partial charge is 0.415 e. The Balaban J connectivity index is 1.68. The van der Waals surface area contributed by atoms with Crippen molar-refractivity contribution >= 4 is 18.0 Å². The lowest BCUT2D eigenvalue weighted by molar-refractivity contribution is 0.0203. The second-order valence-electron chi connectivity index (χ2n) is 8.27. The van der Waals surface area contributed by atoms with Gasteiger partial charge in [0.2, 0.25) is 0 Å². The number of cyclic esters (lactones) is 1. The Hall–Kier alpha value is -2.38. The van der Waals surface area contributed by atoms with Gasteiger partial charge in [-0.25, -0.2) is 19.6 Å². The summed E-state index contributed by atoms with van der Waals surface area (Å²) in [5, 5.41) is 0. The summed E-state index contributed by atoms with van der Waals surface area (Å²) in [6.45, 7) is 11.1. The predicted octanol–water partition coefficient (Wildman–Crippen LogP) is 3.24. The minimum Gasteiger partial charge on any atom is -0.444 e. The van der Waals surface area contributed by atoms with Crippen molar-refractivity contribution < 1.29 is 19.1 Å². The maximum Gasteiger partial charge on any atom is 0.415 e. The van der Waals surface area contributed by atoms with Crippen molar-refractivity contribution in [2.45, 2.75) is 65.1 Å². The molecule has 2 aliphatic heterocycles. The summed E-state index contributed by atoms with van der Waals surface area (Å²) < 4.78 is 10.6. The first-order valence-corrected chi connectivity index (χ1v) is 9.44. The van der Waals surface area contributed by atoms with E-state index in [2.05, 4.69) is 9.97 Å². The average molecular weight is 376 g/mol. The van der Waals surface area contributed by atoms with E-state index < -0.39 is 5.60 Å². The van der Waals surface area contributed by atoms with Crippen LogP contribution in [0, 0.1) is 6.92 Å². The standard InChI is InChI=1S/C19H28N4O4/c1-12-10-15(23-11-13(2)26-18(23)25)21-16(20-12)14-6-8-22(9-7-14)17(24)27-19(3,4)5/h10,13-14H,6-9,11H2,1-5H3/t13-/m1/s1. The van der Waals surface area contributed by atoms with Crippen molar-refractivity contribution in [2.75, 3.05) is 24.5 Å². The lowest BCUT2D eigenvalue weighted by Crippen LogP contribution is -2.41. The zero-order chi connectivity index (χ0) is 19.8. The summed E-state index contributed by atoms with van der Waals surface area (Å²) in [5.74, 6) is 1.46. The Kier molecular flexibility index (Phi) is 5.26. The topological polar surface area (TPSA) is 84.9 Å². The van der Waals surface area contributed by atoms with E-state index in [1.165, 1.54) is 0 Å². The Bertz CT molecular complexity index is 723. The molecule has 148 valence electrons. The number of aromatic nitrogens is 2. The van der Waals surface area contributed by atoms with Crippen LogP contribution in [0.1, 0.15) is 58.0 Å². The van der Waals surface area contributed by atoms with Gasteiger partial charge in [-0.05, 0) is 47.5 Å². The number of rotatable bonds is 2. The van der Waals surface area contributed by atoms with E-state index in [-0.39, 0.29) is 24.2 Å². The maximum atomic E-state index is 12.2. The van der Waals surface area contributed by atoms with Gasteiger partial charge in [0.15, 0.2) is 0 Å². The zero-order valence-corrected chi connectivity index (χ0v) is 16.7. The van der Waals surface area contributed by atoms with Crippen LogP contribution in [-0.4, -0.2) is 58.4 Å². The molecular formula is C19H28N4O4. The third-order valence-corrected chi connectivity index (χ3v) is 4.61. The van der Waals surface area contributed by atoms with E-state index in [1.807, 2.05) is 34.6 Å². The van der Waals surface area contributed by atoms with E-state index in [0.717, 1.165) is 24.4 Å². The molecular weight excluding hydrogens is 348 g/mol. The highest BCUT2D eigenvalue weighted by Crippen LogP contribution is 2.29. The normalized spacial score (nSPS) is 21.4. The minimum absolute atomic E-state index is 0.145. The molecule has 2 saturated heterocycles. The molecule has 0 unspecified atom stereocenters. The van der Waals surface area contributed by atoms with Crippen molar-refractivity contribution in [1.82, 2.24) is 14.9 Å². The second kappa shape index (κ2) is 7.32. The summed E-state index contributed by atoms with van der Waals surface area (Å²) in [5.41, 5.74) is 0.321. The van der Waals surface area contributed by atoms with Gasteiger partial charge in [0.25, 0.3) is 0 Å². The van der Waals surface area contributed by atoms with Crippen molar-refractivity contribution in [3.63, 3.8) is 0 Å². The number of likely N-dealkylation sites (tertiary alicyclic amines) is 1. The van der Waals surface area contributed by atoms with Crippen molar-refractivity contribution in [3.8, 4) is 0 Å². The number of ether oxygens (including phenoxy) is 2. The second-order valence-corrected chi connectivity index (χ2v) is 8.27. The number of amides is 2. The van der Waals surface area contributed by atoms with Crippen LogP contribution < -0.4 is 4.90 Å². The molecule has 1 atom stereocenters. The number of hydrogen-bond donors (Lipinski definition) is 0. The fraction of sp³-hybridized carbons (Fsp3) is 0.684. The van der Waals surface area contributed by atoms with E-state index in [9.17, 15) is 9.59 Å². The summed E-state index contributed by atoms with van der Waals surface area (Å²) in [6.07, 6.45) is 0.742. The van der Waals surface area contributed by atoms with E-state index in [0.29, 0.717) is 25.5 Å². The maximum absolute atomic E-state index is 12.2. The number of carbonyl (C=O) groups is 2. The predicted molar refractivity (Wildman–Crippen MR) is 99.8 cm³/mol. The summed E-state index contributed by atoms with van der Waals surface area (Å²) in [4.78, 5) is 36.7. The third kappa shape index (κ3) is 4.67. The zero-order valence-electron chi connectivity index (χ0n) is 16.7. The lowest BCUT2D eigenvalue weighted by Gasteiger charge is -2.33. The lowest BCUT2D eigenvalue weighted by atomic mass is 9.96. The molecule has 2 aliphatic rings. The molecule has 3 heterocycles. The summed E-state index contributed by atoms with van der Waals surface area (Å²) in [7, 11) is 0. The van der Waals surface area contributed by atoms with Gasteiger partial charge >= 0.3 is 12.2 Å². The highest BCUT2D eigenvalue weighted by Gasteiger charge is 2.32. The first kappa shape index (κ1) is 19.4. The molecule has 1 aromatic heterocycles. The van der Waals surface area contributed by atoms with Crippen LogP contribution >= 0.6 is 0 Å². The highest BCUT2D eigenvalue weighted by molar-refractivity contribution is 5.88. The average Bonchev–Trinajstić information content (AvgIpc) is 2.91. The molecule has 0 aromatic carbocycles. The van der Waals surface area contributed by atoms with E-state index in [4.69, 9.17) is 9.47 Å². The van der Waals surface area contributed by atoms with Gasteiger partial charge in [-0.3, -0.25) is 4.90 Å². The van der Waals surface area contributed by atoms with Crippen LogP contribution in [0.15, 0.2) is 6.07 Å². The number of carbonyl (C=O) groups excluding carboxylic acids is 2. The number of piperidine rings is 1. The van der Waals surface area contributed by atoms with Crippen molar-refractivity contribution in [2.24, 2.45) is 0 Å². The van der Waals surface area contributed by atoms with Crippen LogP contribution in [0.2, 0.25) is 0 Å². The van der Waals surface area contributed by atoms with Crippen LogP contribution in [0.5, 0.6) is 0 Å². The third-order valence-electron chi connectivity index (χ3n) is 4.61. The molecule has 1 aromatic rings. The van der Waals surface area contributed by atoms with Crippen LogP contribution in [0.3, 0.4) is 0 Å². The van der Waals surface area contributed by atoms with Gasteiger partial charge in [0, 0.05) is 30.8 Å². The molecule has 0 radical (unpaired) electrons. The van der Waals surface area contributed by atoms with Gasteiger partial charge in [0.05, 0.1) is 6.54 Å². The van der Waals surface area contributed by atoms with Gasteiger partial charge in [-0.15, -0.1) is 0 Å². The summed E-state index contributed by atoms with van der Waals surface area (Å²) >= 11 is 0. The number of hydrogen-bond acceptors (Lipinski definition) is 6. The highest BCUT2D eigenvalue weighted by atomic mass is 16.6. The number of aryl methyl sites for hydroxylation is 1. The fourth-order valence-corrected chi connectivity index (χ4v) is 3.33. The van der Waals surface area contributed by atoms with E-state index >= 15 is 0 Å². The summed E-state index contributed by atoms with van der Waals surface area (Å²) in [6, 6.07) is 1.80. The van der Waals surface area contributed by atoms with Crippen molar-refractivity contribution in [1.29, 1.82) is 0 Å². The molecule has 0 spiro atoms. The van der Waals surface area contributed by atoms with Crippen LogP contribution in [-0.2, 0) is 9.47 Å². The largest absolute Gasteiger partial charge is 0.444 e. The molecule has 8 nitrogen and oxygen atoms in total. The van der Waals surface area contributed by atoms with Gasteiger partial charge < -0.3 is 14.4 Å². The Morgan fingerprint density at radius 3 is 2.48 bits per heavy atom. The molecule has 27 heavy (non-hydrogen) atoms.